The lowest BCUT2D eigenvalue weighted by atomic mass is 9.84. The van der Waals surface area contributed by atoms with E-state index in [1.165, 1.54) is 6.42 Å². The minimum absolute atomic E-state index is 0.694. The Morgan fingerprint density at radius 3 is 1.85 bits per heavy atom. The largest absolute Gasteiger partial charge is 0.384 e. The standard InChI is InChI=1S/C11H18O2/c1-12-6-10-8-3-4-9(5-8)11(10)7-13-2/h3-4,8-11H,5-7H2,1-2H3/t8-,9-,10-,11-/m0/s1. The Morgan fingerprint density at radius 2 is 1.46 bits per heavy atom. The SMILES string of the molecule is COC[C@@H]1[C@@H](COC)[C@H]2C=C[C@H]1C2. The summed E-state index contributed by atoms with van der Waals surface area (Å²) in [5.74, 6) is 2.90. The minimum atomic E-state index is 0.694. The van der Waals surface area contributed by atoms with Gasteiger partial charge in [-0.3, -0.25) is 0 Å². The van der Waals surface area contributed by atoms with E-state index in [0.29, 0.717) is 11.8 Å². The zero-order valence-corrected chi connectivity index (χ0v) is 8.40. The average molecular weight is 182 g/mol. The zero-order valence-electron chi connectivity index (χ0n) is 8.40. The van der Waals surface area contributed by atoms with Crippen molar-refractivity contribution < 1.29 is 9.47 Å². The van der Waals surface area contributed by atoms with Gasteiger partial charge in [-0.2, -0.15) is 0 Å². The Bertz CT molecular complexity index is 180. The van der Waals surface area contributed by atoms with E-state index in [4.69, 9.17) is 9.47 Å². The molecular formula is C11H18O2. The van der Waals surface area contributed by atoms with Crippen LogP contribution in [0.5, 0.6) is 0 Å². The lowest BCUT2D eigenvalue weighted by Crippen LogP contribution is -2.27. The first-order valence-electron chi connectivity index (χ1n) is 5.03. The van der Waals surface area contributed by atoms with E-state index in [1.54, 1.807) is 14.2 Å². The van der Waals surface area contributed by atoms with Gasteiger partial charge in [-0.15, -0.1) is 0 Å². The van der Waals surface area contributed by atoms with Crippen LogP contribution in [-0.4, -0.2) is 27.4 Å². The molecule has 74 valence electrons. The second-order valence-corrected chi connectivity index (χ2v) is 4.19. The Balaban J connectivity index is 2.02. The molecule has 0 spiro atoms. The molecule has 0 aliphatic heterocycles. The van der Waals surface area contributed by atoms with E-state index in [9.17, 15) is 0 Å². The Morgan fingerprint density at radius 1 is 1.00 bits per heavy atom. The van der Waals surface area contributed by atoms with Crippen molar-refractivity contribution in [1.82, 2.24) is 0 Å². The normalized spacial score (nSPS) is 41.7. The molecule has 13 heavy (non-hydrogen) atoms. The van der Waals surface area contributed by atoms with Gasteiger partial charge in [0.05, 0.1) is 0 Å². The van der Waals surface area contributed by atoms with Gasteiger partial charge in [0.2, 0.25) is 0 Å². The molecule has 0 saturated heterocycles. The number of hydrogen-bond acceptors (Lipinski definition) is 2. The fourth-order valence-electron chi connectivity index (χ4n) is 2.91. The van der Waals surface area contributed by atoms with Gasteiger partial charge in [0.1, 0.15) is 0 Å². The third-order valence-electron chi connectivity index (χ3n) is 3.52. The molecule has 2 rings (SSSR count). The van der Waals surface area contributed by atoms with Crippen molar-refractivity contribution in [2.45, 2.75) is 6.42 Å². The summed E-state index contributed by atoms with van der Waals surface area (Å²) in [7, 11) is 3.58. The third kappa shape index (κ3) is 1.53. The lowest BCUT2D eigenvalue weighted by molar-refractivity contribution is 0.0647. The van der Waals surface area contributed by atoms with E-state index in [0.717, 1.165) is 25.0 Å². The van der Waals surface area contributed by atoms with Crippen LogP contribution in [0.3, 0.4) is 0 Å². The zero-order chi connectivity index (χ0) is 9.26. The van der Waals surface area contributed by atoms with Crippen LogP contribution in [0.25, 0.3) is 0 Å². The van der Waals surface area contributed by atoms with Crippen molar-refractivity contribution in [2.24, 2.45) is 23.7 Å². The molecule has 2 heteroatoms. The number of methoxy groups -OCH3 is 2. The summed E-state index contributed by atoms with van der Waals surface area (Å²) in [6.45, 7) is 1.78. The van der Waals surface area contributed by atoms with Crippen LogP contribution >= 0.6 is 0 Å². The first kappa shape index (κ1) is 9.22. The summed E-state index contributed by atoms with van der Waals surface area (Å²) < 4.78 is 10.5. The highest BCUT2D eigenvalue weighted by Crippen LogP contribution is 2.47. The Hall–Kier alpha value is -0.340. The first-order chi connectivity index (χ1) is 6.36. The van der Waals surface area contributed by atoms with E-state index in [2.05, 4.69) is 12.2 Å². The van der Waals surface area contributed by atoms with Crippen LogP contribution in [0, 0.1) is 23.7 Å². The number of fused-ring (bicyclic) bond motifs is 2. The predicted octanol–water partition coefficient (Wildman–Crippen LogP) is 1.72. The van der Waals surface area contributed by atoms with Crippen LogP contribution in [0.15, 0.2) is 12.2 Å². The van der Waals surface area contributed by atoms with Crippen molar-refractivity contribution in [2.75, 3.05) is 27.4 Å². The van der Waals surface area contributed by atoms with Gasteiger partial charge in [0, 0.05) is 27.4 Å². The Labute approximate surface area is 79.9 Å². The lowest BCUT2D eigenvalue weighted by Gasteiger charge is -2.26. The molecule has 1 saturated carbocycles. The molecule has 0 aromatic carbocycles. The molecule has 0 N–H and O–H groups in total. The van der Waals surface area contributed by atoms with E-state index in [1.807, 2.05) is 0 Å². The second-order valence-electron chi connectivity index (χ2n) is 4.19. The van der Waals surface area contributed by atoms with Gasteiger partial charge >= 0.3 is 0 Å². The molecule has 2 aliphatic rings. The highest BCUT2D eigenvalue weighted by atomic mass is 16.5. The predicted molar refractivity (Wildman–Crippen MR) is 51.5 cm³/mol. The van der Waals surface area contributed by atoms with Crippen LogP contribution in [0.1, 0.15) is 6.42 Å². The summed E-state index contributed by atoms with van der Waals surface area (Å²) in [6, 6.07) is 0. The fourth-order valence-corrected chi connectivity index (χ4v) is 2.91. The van der Waals surface area contributed by atoms with Gasteiger partial charge < -0.3 is 9.47 Å². The number of rotatable bonds is 4. The van der Waals surface area contributed by atoms with Gasteiger partial charge in [0.25, 0.3) is 0 Å². The van der Waals surface area contributed by atoms with E-state index in [-0.39, 0.29) is 0 Å². The summed E-state index contributed by atoms with van der Waals surface area (Å²) in [6.07, 6.45) is 6.04. The van der Waals surface area contributed by atoms with Crippen LogP contribution < -0.4 is 0 Å². The van der Waals surface area contributed by atoms with Crippen LogP contribution in [0.2, 0.25) is 0 Å². The molecular weight excluding hydrogens is 164 g/mol. The summed E-state index contributed by atoms with van der Waals surface area (Å²) in [4.78, 5) is 0. The first-order valence-corrected chi connectivity index (χ1v) is 5.03. The number of hydrogen-bond donors (Lipinski definition) is 0. The van der Waals surface area contributed by atoms with Gasteiger partial charge in [0.15, 0.2) is 0 Å². The topological polar surface area (TPSA) is 18.5 Å². The van der Waals surface area contributed by atoms with E-state index >= 15 is 0 Å². The maximum Gasteiger partial charge on any atom is 0.0499 e. The van der Waals surface area contributed by atoms with Gasteiger partial charge in [-0.1, -0.05) is 12.2 Å². The molecule has 2 nitrogen and oxygen atoms in total. The van der Waals surface area contributed by atoms with Crippen molar-refractivity contribution in [1.29, 1.82) is 0 Å². The quantitative estimate of drug-likeness (QED) is 0.616. The van der Waals surface area contributed by atoms with E-state index < -0.39 is 0 Å². The van der Waals surface area contributed by atoms with Crippen molar-refractivity contribution in [3.8, 4) is 0 Å². The van der Waals surface area contributed by atoms with Crippen LogP contribution in [0.4, 0.5) is 0 Å². The van der Waals surface area contributed by atoms with Crippen molar-refractivity contribution in [3.05, 3.63) is 12.2 Å². The summed E-state index contributed by atoms with van der Waals surface area (Å²) in [5.41, 5.74) is 0. The number of ether oxygens (including phenoxy) is 2. The monoisotopic (exact) mass is 182 g/mol. The highest BCUT2D eigenvalue weighted by Gasteiger charge is 2.43. The molecule has 0 amide bonds. The molecule has 0 aromatic heterocycles. The molecule has 2 bridgehead atoms. The molecule has 0 radical (unpaired) electrons. The molecule has 2 aliphatic carbocycles. The Kier molecular flexibility index (Phi) is 2.70. The fraction of sp³-hybridized carbons (Fsp3) is 0.818. The molecule has 0 unspecified atom stereocenters. The van der Waals surface area contributed by atoms with Gasteiger partial charge in [-0.25, -0.2) is 0 Å². The molecule has 4 atom stereocenters. The van der Waals surface area contributed by atoms with Crippen molar-refractivity contribution in [3.63, 3.8) is 0 Å². The smallest absolute Gasteiger partial charge is 0.0499 e. The third-order valence-corrected chi connectivity index (χ3v) is 3.52. The molecule has 1 fully saturated rings. The average Bonchev–Trinajstić information content (AvgIpc) is 2.69. The molecule has 0 aromatic rings. The summed E-state index contributed by atoms with van der Waals surface area (Å²) in [5, 5.41) is 0. The summed E-state index contributed by atoms with van der Waals surface area (Å²) >= 11 is 0. The number of allylic oxidation sites excluding steroid dienone is 2. The minimum Gasteiger partial charge on any atom is -0.384 e. The van der Waals surface area contributed by atoms with Gasteiger partial charge in [-0.05, 0) is 30.1 Å². The van der Waals surface area contributed by atoms with Crippen molar-refractivity contribution >= 4 is 0 Å². The highest BCUT2D eigenvalue weighted by molar-refractivity contribution is 5.13. The maximum atomic E-state index is 5.27. The maximum absolute atomic E-state index is 5.27. The van der Waals surface area contributed by atoms with Crippen LogP contribution in [-0.2, 0) is 9.47 Å². The molecule has 0 heterocycles. The second kappa shape index (κ2) is 3.81.